The second-order valence-corrected chi connectivity index (χ2v) is 8.95. The number of hydrogen-bond donors (Lipinski definition) is 1. The van der Waals surface area contributed by atoms with Crippen LogP contribution in [0.4, 0.5) is 0 Å². The number of dihydropyridines is 1. The molecule has 1 aliphatic heterocycles. The molecule has 2 aromatic rings. The predicted molar refractivity (Wildman–Crippen MR) is 126 cm³/mol. The van der Waals surface area contributed by atoms with E-state index < -0.39 is 5.92 Å². The van der Waals surface area contributed by atoms with Gasteiger partial charge in [-0.05, 0) is 44.9 Å². The Kier molecular flexibility index (Phi) is 7.04. The number of nitrogens with one attached hydrogen (secondary N) is 1. The molecule has 0 aliphatic carbocycles. The van der Waals surface area contributed by atoms with Crippen molar-refractivity contribution in [1.29, 1.82) is 5.26 Å². The van der Waals surface area contributed by atoms with E-state index in [0.717, 1.165) is 11.1 Å². The summed E-state index contributed by atoms with van der Waals surface area (Å²) in [6.45, 7) is 7.20. The third-order valence-corrected chi connectivity index (χ3v) is 6.63. The Bertz CT molecular complexity index is 1170. The monoisotopic (exact) mass is 450 g/mol. The molecule has 0 saturated carbocycles. The molecule has 6 heteroatoms. The quantitative estimate of drug-likeness (QED) is 0.558. The molecular weight excluding hydrogens is 428 g/mol. The first-order valence-corrected chi connectivity index (χ1v) is 11.2. The molecule has 3 rings (SSSR count). The number of carbonyl (C=O) groups is 2. The molecule has 158 valence electrons. The largest absolute Gasteiger partial charge is 0.353 e. The van der Waals surface area contributed by atoms with Crippen molar-refractivity contribution in [2.24, 2.45) is 0 Å². The third-order valence-electron chi connectivity index (χ3n) is 5.27. The van der Waals surface area contributed by atoms with Gasteiger partial charge in [-0.25, -0.2) is 0 Å². The molecular formula is C25H23ClN2O2S. The van der Waals surface area contributed by atoms with E-state index in [-0.39, 0.29) is 17.3 Å². The highest BCUT2D eigenvalue weighted by atomic mass is 35.5. The topological polar surface area (TPSA) is 70.0 Å². The lowest BCUT2D eigenvalue weighted by atomic mass is 9.81. The van der Waals surface area contributed by atoms with Crippen molar-refractivity contribution in [2.45, 2.75) is 33.6 Å². The summed E-state index contributed by atoms with van der Waals surface area (Å²) in [7, 11) is 0. The number of allylic oxidation sites excluding steroid dienone is 3. The van der Waals surface area contributed by atoms with Crippen molar-refractivity contribution in [1.82, 2.24) is 5.32 Å². The summed E-state index contributed by atoms with van der Waals surface area (Å²) in [6.07, 6.45) is 0. The zero-order valence-electron chi connectivity index (χ0n) is 17.9. The number of ketones is 2. The number of thioether (sulfide) groups is 1. The summed E-state index contributed by atoms with van der Waals surface area (Å²) < 4.78 is 0. The standard InChI is InChI=1S/C25H23ClN2O2S/c1-14-9-10-18(15(2)11-14)22(30)13-31-25-20(12-27)24(19-7-5-6-8-21(19)26)23(17(4)29)16(3)28-25/h5-11,24,28H,13H2,1-4H3. The van der Waals surface area contributed by atoms with Gasteiger partial charge in [-0.3, -0.25) is 9.59 Å². The van der Waals surface area contributed by atoms with Crippen molar-refractivity contribution in [3.63, 3.8) is 0 Å². The minimum Gasteiger partial charge on any atom is -0.353 e. The van der Waals surface area contributed by atoms with E-state index in [1.165, 1.54) is 18.7 Å². The summed E-state index contributed by atoms with van der Waals surface area (Å²) in [6, 6.07) is 15.2. The Balaban J connectivity index is 1.98. The zero-order valence-corrected chi connectivity index (χ0v) is 19.4. The van der Waals surface area contributed by atoms with Crippen molar-refractivity contribution in [3.8, 4) is 6.07 Å². The Morgan fingerprint density at radius 3 is 2.48 bits per heavy atom. The fourth-order valence-corrected chi connectivity index (χ4v) is 5.08. The number of hydrogen-bond acceptors (Lipinski definition) is 5. The van der Waals surface area contributed by atoms with Crippen LogP contribution in [0.3, 0.4) is 0 Å². The van der Waals surface area contributed by atoms with Gasteiger partial charge >= 0.3 is 0 Å². The van der Waals surface area contributed by atoms with E-state index in [1.54, 1.807) is 13.0 Å². The maximum absolute atomic E-state index is 12.8. The number of nitrogens with zero attached hydrogens (tertiary/aromatic N) is 1. The van der Waals surface area contributed by atoms with Crippen LogP contribution < -0.4 is 5.32 Å². The molecule has 0 amide bonds. The Morgan fingerprint density at radius 2 is 1.87 bits per heavy atom. The van der Waals surface area contributed by atoms with Crippen LogP contribution in [0.25, 0.3) is 0 Å². The highest BCUT2D eigenvalue weighted by molar-refractivity contribution is 8.03. The SMILES string of the molecule is CC(=O)C1=C(C)NC(SCC(=O)c2ccc(C)cc2C)=C(C#N)C1c1ccccc1Cl. The first kappa shape index (κ1) is 22.9. The number of nitriles is 1. The number of Topliss-reactive ketones (excluding diaryl/α,β-unsaturated/α-hetero) is 2. The van der Waals surface area contributed by atoms with Gasteiger partial charge < -0.3 is 5.32 Å². The second-order valence-electron chi connectivity index (χ2n) is 7.56. The van der Waals surface area contributed by atoms with Crippen molar-refractivity contribution >= 4 is 34.9 Å². The highest BCUT2D eigenvalue weighted by Crippen LogP contribution is 2.43. The molecule has 31 heavy (non-hydrogen) atoms. The van der Waals surface area contributed by atoms with E-state index >= 15 is 0 Å². The summed E-state index contributed by atoms with van der Waals surface area (Å²) in [5, 5.41) is 14.3. The van der Waals surface area contributed by atoms with Crippen LogP contribution in [-0.2, 0) is 4.79 Å². The van der Waals surface area contributed by atoms with Gasteiger partial charge in [0.25, 0.3) is 0 Å². The third kappa shape index (κ3) is 4.76. The zero-order chi connectivity index (χ0) is 22.7. The van der Waals surface area contributed by atoms with Crippen LogP contribution in [-0.4, -0.2) is 17.3 Å². The number of carbonyl (C=O) groups excluding carboxylic acids is 2. The predicted octanol–water partition coefficient (Wildman–Crippen LogP) is 5.86. The van der Waals surface area contributed by atoms with Crippen molar-refractivity contribution in [3.05, 3.63) is 91.6 Å². The van der Waals surface area contributed by atoms with Gasteiger partial charge in [-0.1, -0.05) is 65.3 Å². The fourth-order valence-electron chi connectivity index (χ4n) is 3.86. The average molecular weight is 451 g/mol. The summed E-state index contributed by atoms with van der Waals surface area (Å²) in [4.78, 5) is 25.3. The van der Waals surface area contributed by atoms with Crippen molar-refractivity contribution < 1.29 is 9.59 Å². The van der Waals surface area contributed by atoms with Gasteiger partial charge in [0.15, 0.2) is 11.6 Å². The van der Waals surface area contributed by atoms with Crippen molar-refractivity contribution in [2.75, 3.05) is 5.75 Å². The van der Waals surface area contributed by atoms with E-state index in [4.69, 9.17) is 11.6 Å². The van der Waals surface area contributed by atoms with Crippen LogP contribution in [0.1, 0.15) is 46.8 Å². The lowest BCUT2D eigenvalue weighted by Crippen LogP contribution is -2.27. The van der Waals surface area contributed by atoms with Gasteiger partial charge in [-0.2, -0.15) is 5.26 Å². The molecule has 0 fully saturated rings. The molecule has 0 bridgehead atoms. The van der Waals surface area contributed by atoms with Crippen LogP contribution in [0.15, 0.2) is 64.3 Å². The molecule has 0 saturated heterocycles. The molecule has 1 aliphatic rings. The lowest BCUT2D eigenvalue weighted by Gasteiger charge is -2.29. The first-order chi connectivity index (χ1) is 14.7. The molecule has 0 spiro atoms. The average Bonchev–Trinajstić information content (AvgIpc) is 2.71. The van der Waals surface area contributed by atoms with Gasteiger partial charge in [-0.15, -0.1) is 0 Å². The van der Waals surface area contributed by atoms with Crippen LogP contribution >= 0.6 is 23.4 Å². The molecule has 1 unspecified atom stereocenters. The maximum Gasteiger partial charge on any atom is 0.173 e. The first-order valence-electron chi connectivity index (χ1n) is 9.85. The molecule has 0 radical (unpaired) electrons. The Hall–Kier alpha value is -2.81. The minimum absolute atomic E-state index is 0.0117. The number of rotatable bonds is 6. The Labute approximate surface area is 192 Å². The Morgan fingerprint density at radius 1 is 1.16 bits per heavy atom. The van der Waals surface area contributed by atoms with E-state index in [1.807, 2.05) is 50.2 Å². The molecule has 1 heterocycles. The summed E-state index contributed by atoms with van der Waals surface area (Å²) >= 11 is 7.71. The molecule has 4 nitrogen and oxygen atoms in total. The van der Waals surface area contributed by atoms with E-state index in [0.29, 0.717) is 38.0 Å². The normalized spacial score (nSPS) is 16.1. The van der Waals surface area contributed by atoms with Gasteiger partial charge in [0.2, 0.25) is 0 Å². The minimum atomic E-state index is -0.573. The highest BCUT2D eigenvalue weighted by Gasteiger charge is 2.34. The fraction of sp³-hybridized carbons (Fsp3) is 0.240. The number of halogens is 1. The van der Waals surface area contributed by atoms with Crippen LogP contribution in [0.2, 0.25) is 5.02 Å². The van der Waals surface area contributed by atoms with Crippen LogP contribution in [0.5, 0.6) is 0 Å². The van der Waals surface area contributed by atoms with Gasteiger partial charge in [0, 0.05) is 21.9 Å². The van der Waals surface area contributed by atoms with E-state index in [9.17, 15) is 14.9 Å². The second kappa shape index (κ2) is 9.55. The summed E-state index contributed by atoms with van der Waals surface area (Å²) in [5.41, 5.74) is 4.97. The van der Waals surface area contributed by atoms with Gasteiger partial charge in [0.1, 0.15) is 0 Å². The lowest BCUT2D eigenvalue weighted by molar-refractivity contribution is -0.113. The number of aryl methyl sites for hydroxylation is 2. The van der Waals surface area contributed by atoms with Crippen LogP contribution in [0, 0.1) is 25.2 Å². The molecule has 2 aromatic carbocycles. The smallest absolute Gasteiger partial charge is 0.173 e. The number of benzene rings is 2. The van der Waals surface area contributed by atoms with E-state index in [2.05, 4.69) is 11.4 Å². The maximum atomic E-state index is 12.8. The van der Waals surface area contributed by atoms with Gasteiger partial charge in [0.05, 0.1) is 28.3 Å². The molecule has 1 N–H and O–H groups in total. The summed E-state index contributed by atoms with van der Waals surface area (Å²) in [5.74, 6) is -0.536. The molecule has 0 aromatic heterocycles. The molecule has 1 atom stereocenters.